The van der Waals surface area contributed by atoms with Crippen molar-refractivity contribution in [1.82, 2.24) is 0 Å². The van der Waals surface area contributed by atoms with Gasteiger partial charge in [0.15, 0.2) is 0 Å². The first-order valence-electron chi connectivity index (χ1n) is 5.55. The standard InChI is InChI=1S/C14H9F3O3/c15-14(16,17)11-3-1-2-4-12(11)20-10-7-5-9(6-8-10)13(18)19/h1-8H,(H,18,19). The molecule has 0 atom stereocenters. The van der Waals surface area contributed by atoms with E-state index in [1.54, 1.807) is 0 Å². The van der Waals surface area contributed by atoms with Crippen LogP contribution in [0.2, 0.25) is 0 Å². The van der Waals surface area contributed by atoms with Gasteiger partial charge in [0.25, 0.3) is 0 Å². The van der Waals surface area contributed by atoms with Crippen molar-refractivity contribution in [3.63, 3.8) is 0 Å². The fourth-order valence-electron chi connectivity index (χ4n) is 1.58. The molecule has 0 fully saturated rings. The molecule has 104 valence electrons. The van der Waals surface area contributed by atoms with Crippen molar-refractivity contribution in [1.29, 1.82) is 0 Å². The van der Waals surface area contributed by atoms with E-state index in [0.29, 0.717) is 0 Å². The number of aromatic carboxylic acids is 1. The Morgan fingerprint density at radius 1 is 1.00 bits per heavy atom. The van der Waals surface area contributed by atoms with Gasteiger partial charge in [0.05, 0.1) is 11.1 Å². The number of para-hydroxylation sites is 1. The zero-order valence-electron chi connectivity index (χ0n) is 10.0. The molecule has 0 radical (unpaired) electrons. The molecule has 0 bridgehead atoms. The molecule has 2 rings (SSSR count). The van der Waals surface area contributed by atoms with Crippen LogP contribution in [0.4, 0.5) is 13.2 Å². The molecule has 0 amide bonds. The highest BCUT2D eigenvalue weighted by Gasteiger charge is 2.34. The minimum absolute atomic E-state index is 0.0291. The lowest BCUT2D eigenvalue weighted by atomic mass is 10.2. The zero-order chi connectivity index (χ0) is 14.8. The van der Waals surface area contributed by atoms with Crippen molar-refractivity contribution in [2.45, 2.75) is 6.18 Å². The third-order valence-corrected chi connectivity index (χ3v) is 2.52. The van der Waals surface area contributed by atoms with Crippen LogP contribution in [0.1, 0.15) is 15.9 Å². The summed E-state index contributed by atoms with van der Waals surface area (Å²) < 4.78 is 43.4. The molecule has 0 aromatic heterocycles. The monoisotopic (exact) mass is 282 g/mol. The molecule has 0 aliphatic heterocycles. The molecule has 1 N–H and O–H groups in total. The second-order valence-electron chi connectivity index (χ2n) is 3.93. The molecule has 0 aliphatic rings. The molecular weight excluding hydrogens is 273 g/mol. The molecule has 0 saturated heterocycles. The summed E-state index contributed by atoms with van der Waals surface area (Å²) in [7, 11) is 0. The third-order valence-electron chi connectivity index (χ3n) is 2.52. The minimum atomic E-state index is -4.52. The van der Waals surface area contributed by atoms with Gasteiger partial charge in [-0.3, -0.25) is 0 Å². The number of hydrogen-bond donors (Lipinski definition) is 1. The van der Waals surface area contributed by atoms with Crippen LogP contribution in [0.5, 0.6) is 11.5 Å². The van der Waals surface area contributed by atoms with Gasteiger partial charge in [0.1, 0.15) is 11.5 Å². The van der Waals surface area contributed by atoms with Gasteiger partial charge in [-0.1, -0.05) is 12.1 Å². The summed E-state index contributed by atoms with van der Waals surface area (Å²) in [6, 6.07) is 9.93. The van der Waals surface area contributed by atoms with E-state index < -0.39 is 17.7 Å². The topological polar surface area (TPSA) is 46.5 Å². The maximum atomic E-state index is 12.8. The summed E-state index contributed by atoms with van der Waals surface area (Å²) in [6.07, 6.45) is -4.52. The summed E-state index contributed by atoms with van der Waals surface area (Å²) in [5.74, 6) is -1.32. The highest BCUT2D eigenvalue weighted by Crippen LogP contribution is 2.37. The van der Waals surface area contributed by atoms with Gasteiger partial charge < -0.3 is 9.84 Å². The van der Waals surface area contributed by atoms with E-state index in [2.05, 4.69) is 0 Å². The highest BCUT2D eigenvalue weighted by molar-refractivity contribution is 5.87. The Balaban J connectivity index is 2.28. The Morgan fingerprint density at radius 2 is 1.60 bits per heavy atom. The van der Waals surface area contributed by atoms with Gasteiger partial charge in [0, 0.05) is 0 Å². The number of alkyl halides is 3. The van der Waals surface area contributed by atoms with Crippen molar-refractivity contribution in [2.75, 3.05) is 0 Å². The van der Waals surface area contributed by atoms with Crippen LogP contribution in [0, 0.1) is 0 Å². The molecule has 0 spiro atoms. The maximum absolute atomic E-state index is 12.8. The van der Waals surface area contributed by atoms with Crippen LogP contribution < -0.4 is 4.74 Å². The van der Waals surface area contributed by atoms with Crippen LogP contribution in [-0.2, 0) is 6.18 Å². The smallest absolute Gasteiger partial charge is 0.419 e. The first-order valence-corrected chi connectivity index (χ1v) is 5.55. The van der Waals surface area contributed by atoms with Crippen LogP contribution in [0.3, 0.4) is 0 Å². The molecule has 0 heterocycles. The molecule has 2 aromatic carbocycles. The lowest BCUT2D eigenvalue weighted by Gasteiger charge is -2.13. The number of carboxylic acids is 1. The molecule has 20 heavy (non-hydrogen) atoms. The SMILES string of the molecule is O=C(O)c1ccc(Oc2ccccc2C(F)(F)F)cc1. The van der Waals surface area contributed by atoms with Crippen molar-refractivity contribution < 1.29 is 27.8 Å². The number of carbonyl (C=O) groups is 1. The fraction of sp³-hybridized carbons (Fsp3) is 0.0714. The summed E-state index contributed by atoms with van der Waals surface area (Å²) >= 11 is 0. The summed E-state index contributed by atoms with van der Waals surface area (Å²) in [5, 5.41) is 8.73. The van der Waals surface area contributed by atoms with Crippen LogP contribution in [0.15, 0.2) is 48.5 Å². The number of halogens is 3. The van der Waals surface area contributed by atoms with E-state index in [1.807, 2.05) is 0 Å². The Labute approximate surface area is 112 Å². The van der Waals surface area contributed by atoms with Crippen LogP contribution >= 0.6 is 0 Å². The van der Waals surface area contributed by atoms with Gasteiger partial charge >= 0.3 is 12.1 Å². The first kappa shape index (κ1) is 13.9. The third kappa shape index (κ3) is 3.09. The molecule has 3 nitrogen and oxygen atoms in total. The molecule has 0 saturated carbocycles. The van der Waals surface area contributed by atoms with E-state index in [-0.39, 0.29) is 17.1 Å². The Morgan fingerprint density at radius 3 is 2.15 bits per heavy atom. The predicted octanol–water partition coefficient (Wildman–Crippen LogP) is 4.20. The predicted molar refractivity (Wildman–Crippen MR) is 64.9 cm³/mol. The van der Waals surface area contributed by atoms with Crippen LogP contribution in [-0.4, -0.2) is 11.1 Å². The molecule has 0 aliphatic carbocycles. The molecule has 0 unspecified atom stereocenters. The van der Waals surface area contributed by atoms with E-state index in [4.69, 9.17) is 9.84 Å². The second-order valence-corrected chi connectivity index (χ2v) is 3.93. The quantitative estimate of drug-likeness (QED) is 0.917. The van der Waals surface area contributed by atoms with Gasteiger partial charge in [-0.25, -0.2) is 4.79 Å². The van der Waals surface area contributed by atoms with Crippen molar-refractivity contribution in [2.24, 2.45) is 0 Å². The van der Waals surface area contributed by atoms with Crippen molar-refractivity contribution >= 4 is 5.97 Å². The minimum Gasteiger partial charge on any atom is -0.478 e. The first-order chi connectivity index (χ1) is 9.38. The summed E-state index contributed by atoms with van der Waals surface area (Å²) in [5.41, 5.74) is -0.858. The summed E-state index contributed by atoms with van der Waals surface area (Å²) in [6.45, 7) is 0. The van der Waals surface area contributed by atoms with Gasteiger partial charge in [-0.05, 0) is 36.4 Å². The number of hydrogen-bond acceptors (Lipinski definition) is 2. The fourth-order valence-corrected chi connectivity index (χ4v) is 1.58. The number of rotatable bonds is 3. The molecular formula is C14H9F3O3. The van der Waals surface area contributed by atoms with E-state index in [9.17, 15) is 18.0 Å². The largest absolute Gasteiger partial charge is 0.478 e. The summed E-state index contributed by atoms with van der Waals surface area (Å²) in [4.78, 5) is 10.7. The van der Waals surface area contributed by atoms with E-state index in [0.717, 1.165) is 6.07 Å². The average Bonchev–Trinajstić information content (AvgIpc) is 2.38. The second kappa shape index (κ2) is 5.24. The van der Waals surface area contributed by atoms with Gasteiger partial charge in [-0.2, -0.15) is 13.2 Å². The maximum Gasteiger partial charge on any atom is 0.419 e. The zero-order valence-corrected chi connectivity index (χ0v) is 10.0. The van der Waals surface area contributed by atoms with E-state index >= 15 is 0 Å². The molecule has 2 aromatic rings. The molecule has 6 heteroatoms. The highest BCUT2D eigenvalue weighted by atomic mass is 19.4. The Hall–Kier alpha value is -2.50. The van der Waals surface area contributed by atoms with Gasteiger partial charge in [0.2, 0.25) is 0 Å². The Kier molecular flexibility index (Phi) is 3.65. The average molecular weight is 282 g/mol. The van der Waals surface area contributed by atoms with Crippen molar-refractivity contribution in [3.05, 3.63) is 59.7 Å². The van der Waals surface area contributed by atoms with Crippen molar-refractivity contribution in [3.8, 4) is 11.5 Å². The van der Waals surface area contributed by atoms with E-state index in [1.165, 1.54) is 42.5 Å². The number of ether oxygens (including phenoxy) is 1. The van der Waals surface area contributed by atoms with Gasteiger partial charge in [-0.15, -0.1) is 0 Å². The normalized spacial score (nSPS) is 11.2. The lowest BCUT2D eigenvalue weighted by Crippen LogP contribution is -2.06. The number of carboxylic acid groups (broad SMARTS) is 1. The Bertz CT molecular complexity index is 618. The van der Waals surface area contributed by atoms with Crippen LogP contribution in [0.25, 0.3) is 0 Å². The lowest BCUT2D eigenvalue weighted by molar-refractivity contribution is -0.138. The number of benzene rings is 2.